The highest BCUT2D eigenvalue weighted by Crippen LogP contribution is 2.24. The van der Waals surface area contributed by atoms with Crippen LogP contribution in [0.3, 0.4) is 0 Å². The molecule has 3 heterocycles. The molecule has 0 spiro atoms. The van der Waals surface area contributed by atoms with Crippen LogP contribution < -0.4 is 5.32 Å². The number of nitrogens with zero attached hydrogens (tertiary/aromatic N) is 2. The molecule has 1 aliphatic rings. The lowest BCUT2D eigenvalue weighted by Gasteiger charge is -2.08. The van der Waals surface area contributed by atoms with Crippen LogP contribution in [-0.4, -0.2) is 22.2 Å². The summed E-state index contributed by atoms with van der Waals surface area (Å²) in [6.07, 6.45) is 5.05. The molecule has 0 saturated carbocycles. The van der Waals surface area contributed by atoms with Crippen molar-refractivity contribution in [1.82, 2.24) is 14.7 Å². The summed E-state index contributed by atoms with van der Waals surface area (Å²) < 4.78 is 2.01. The summed E-state index contributed by atoms with van der Waals surface area (Å²) >= 11 is 0. The molecule has 3 rings (SSSR count). The maximum atomic E-state index is 11.0. The van der Waals surface area contributed by atoms with Gasteiger partial charge in [0.25, 0.3) is 0 Å². The van der Waals surface area contributed by atoms with Crippen LogP contribution >= 0.6 is 0 Å². The Kier molecular flexibility index (Phi) is 2.22. The second-order valence-corrected chi connectivity index (χ2v) is 4.08. The van der Waals surface area contributed by atoms with Crippen molar-refractivity contribution in [3.63, 3.8) is 0 Å². The standard InChI is InChI=1S/C12H13N3O/c16-8-10-11-5-1-2-7-15(11)12(14-10)9-4-3-6-13-9/h1-2,5,7-9,13H,3-4,6H2. The quantitative estimate of drug-likeness (QED) is 0.773. The molecular formula is C12H13N3O. The predicted octanol–water partition coefficient (Wildman–Crippen LogP) is 1.57. The van der Waals surface area contributed by atoms with Gasteiger partial charge in [0.1, 0.15) is 11.5 Å². The van der Waals surface area contributed by atoms with E-state index in [9.17, 15) is 4.79 Å². The van der Waals surface area contributed by atoms with E-state index in [4.69, 9.17) is 0 Å². The number of pyridine rings is 1. The molecule has 2 aromatic rings. The first-order valence-electron chi connectivity index (χ1n) is 5.55. The lowest BCUT2D eigenvalue weighted by Crippen LogP contribution is -2.15. The fraction of sp³-hybridized carbons (Fsp3) is 0.333. The molecule has 1 atom stereocenters. The fourth-order valence-corrected chi connectivity index (χ4v) is 2.32. The number of carbonyl (C=O) groups excluding carboxylic acids is 1. The molecule has 2 aromatic heterocycles. The third kappa shape index (κ3) is 1.34. The molecule has 0 aliphatic carbocycles. The Balaban J connectivity index is 2.20. The van der Waals surface area contributed by atoms with Crippen molar-refractivity contribution >= 4 is 11.8 Å². The topological polar surface area (TPSA) is 46.4 Å². The molecule has 0 radical (unpaired) electrons. The maximum absolute atomic E-state index is 11.0. The van der Waals surface area contributed by atoms with Gasteiger partial charge in [-0.05, 0) is 31.5 Å². The molecule has 16 heavy (non-hydrogen) atoms. The summed E-state index contributed by atoms with van der Waals surface area (Å²) in [5.74, 6) is 0.954. The predicted molar refractivity (Wildman–Crippen MR) is 60.6 cm³/mol. The molecule has 1 aliphatic heterocycles. The Morgan fingerprint density at radius 1 is 1.50 bits per heavy atom. The van der Waals surface area contributed by atoms with Crippen LogP contribution in [0.25, 0.3) is 5.52 Å². The minimum atomic E-state index is 0.281. The molecule has 0 amide bonds. The maximum Gasteiger partial charge on any atom is 0.170 e. The SMILES string of the molecule is O=Cc1nc(C2CCCN2)n2ccccc12. The number of carbonyl (C=O) groups is 1. The van der Waals surface area contributed by atoms with Gasteiger partial charge in [0.05, 0.1) is 11.6 Å². The van der Waals surface area contributed by atoms with Gasteiger partial charge in [0.2, 0.25) is 0 Å². The highest BCUT2D eigenvalue weighted by Gasteiger charge is 2.22. The Morgan fingerprint density at radius 3 is 3.19 bits per heavy atom. The molecule has 1 fully saturated rings. The van der Waals surface area contributed by atoms with Crippen LogP contribution in [0, 0.1) is 0 Å². The van der Waals surface area contributed by atoms with Gasteiger partial charge in [0.15, 0.2) is 6.29 Å². The van der Waals surface area contributed by atoms with Crippen molar-refractivity contribution < 1.29 is 4.79 Å². The average molecular weight is 215 g/mol. The number of hydrogen-bond acceptors (Lipinski definition) is 3. The van der Waals surface area contributed by atoms with Crippen LogP contribution in [0.5, 0.6) is 0 Å². The van der Waals surface area contributed by atoms with Crippen LogP contribution in [0.2, 0.25) is 0 Å². The number of aldehydes is 1. The van der Waals surface area contributed by atoms with Gasteiger partial charge >= 0.3 is 0 Å². The van der Waals surface area contributed by atoms with E-state index in [1.54, 1.807) is 0 Å². The zero-order valence-corrected chi connectivity index (χ0v) is 8.89. The molecule has 0 aromatic carbocycles. The third-order valence-electron chi connectivity index (χ3n) is 3.09. The smallest absolute Gasteiger partial charge is 0.170 e. The minimum Gasteiger partial charge on any atom is -0.307 e. The number of fused-ring (bicyclic) bond motifs is 1. The van der Waals surface area contributed by atoms with Gasteiger partial charge in [-0.2, -0.15) is 0 Å². The summed E-state index contributed by atoms with van der Waals surface area (Å²) in [5, 5.41) is 3.40. The van der Waals surface area contributed by atoms with Crippen LogP contribution in [0.15, 0.2) is 24.4 Å². The lowest BCUT2D eigenvalue weighted by molar-refractivity contribution is 0.112. The molecule has 1 N–H and O–H groups in total. The Labute approximate surface area is 93.3 Å². The largest absolute Gasteiger partial charge is 0.307 e. The van der Waals surface area contributed by atoms with E-state index >= 15 is 0 Å². The van der Waals surface area contributed by atoms with Crippen molar-refractivity contribution in [2.75, 3.05) is 6.54 Å². The van der Waals surface area contributed by atoms with E-state index in [0.29, 0.717) is 5.69 Å². The van der Waals surface area contributed by atoms with Crippen LogP contribution in [0.1, 0.15) is 35.2 Å². The average Bonchev–Trinajstić information content (AvgIpc) is 2.95. The van der Waals surface area contributed by atoms with Gasteiger partial charge in [-0.1, -0.05) is 6.07 Å². The summed E-state index contributed by atoms with van der Waals surface area (Å²) in [4.78, 5) is 15.4. The minimum absolute atomic E-state index is 0.281. The van der Waals surface area contributed by atoms with E-state index in [1.807, 2.05) is 28.8 Å². The normalized spacial score (nSPS) is 20.4. The highest BCUT2D eigenvalue weighted by atomic mass is 16.1. The summed E-state index contributed by atoms with van der Waals surface area (Å²) in [6, 6.07) is 6.09. The monoisotopic (exact) mass is 215 g/mol. The number of rotatable bonds is 2. The van der Waals surface area contributed by atoms with Crippen molar-refractivity contribution in [2.45, 2.75) is 18.9 Å². The van der Waals surface area contributed by atoms with Crippen molar-refractivity contribution in [1.29, 1.82) is 0 Å². The van der Waals surface area contributed by atoms with Crippen molar-refractivity contribution in [3.05, 3.63) is 35.9 Å². The molecule has 82 valence electrons. The van der Waals surface area contributed by atoms with E-state index in [-0.39, 0.29) is 6.04 Å². The Hall–Kier alpha value is -1.68. The summed E-state index contributed by atoms with van der Waals surface area (Å²) in [5.41, 5.74) is 1.42. The first-order chi connectivity index (χ1) is 7.90. The van der Waals surface area contributed by atoms with Gasteiger partial charge < -0.3 is 9.72 Å². The summed E-state index contributed by atoms with van der Waals surface area (Å²) in [7, 11) is 0. The molecule has 1 unspecified atom stereocenters. The number of hydrogen-bond donors (Lipinski definition) is 1. The molecule has 4 nitrogen and oxygen atoms in total. The van der Waals surface area contributed by atoms with E-state index < -0.39 is 0 Å². The van der Waals surface area contributed by atoms with Crippen molar-refractivity contribution in [2.24, 2.45) is 0 Å². The second kappa shape index (κ2) is 3.72. The summed E-state index contributed by atoms with van der Waals surface area (Å²) in [6.45, 7) is 1.03. The van der Waals surface area contributed by atoms with Gasteiger partial charge in [-0.25, -0.2) is 4.98 Å². The molecular weight excluding hydrogens is 202 g/mol. The first-order valence-corrected chi connectivity index (χ1v) is 5.55. The number of aromatic nitrogens is 2. The van der Waals surface area contributed by atoms with Crippen LogP contribution in [-0.2, 0) is 0 Å². The second-order valence-electron chi connectivity index (χ2n) is 4.08. The fourth-order valence-electron chi connectivity index (χ4n) is 2.32. The Morgan fingerprint density at radius 2 is 2.44 bits per heavy atom. The number of imidazole rings is 1. The highest BCUT2D eigenvalue weighted by molar-refractivity contribution is 5.83. The lowest BCUT2D eigenvalue weighted by atomic mass is 10.2. The zero-order valence-electron chi connectivity index (χ0n) is 8.89. The first kappa shape index (κ1) is 9.54. The third-order valence-corrected chi connectivity index (χ3v) is 3.09. The molecule has 1 saturated heterocycles. The molecule has 0 bridgehead atoms. The van der Waals surface area contributed by atoms with Gasteiger partial charge in [-0.3, -0.25) is 4.79 Å². The van der Waals surface area contributed by atoms with Crippen LogP contribution in [0.4, 0.5) is 0 Å². The van der Waals surface area contributed by atoms with E-state index in [1.165, 1.54) is 6.42 Å². The van der Waals surface area contributed by atoms with Crippen molar-refractivity contribution in [3.8, 4) is 0 Å². The zero-order chi connectivity index (χ0) is 11.0. The van der Waals surface area contributed by atoms with Gasteiger partial charge in [0, 0.05) is 6.20 Å². The molecule has 4 heteroatoms. The number of nitrogens with one attached hydrogen (secondary N) is 1. The van der Waals surface area contributed by atoms with E-state index in [2.05, 4.69) is 10.3 Å². The van der Waals surface area contributed by atoms with Gasteiger partial charge in [-0.15, -0.1) is 0 Å². The van der Waals surface area contributed by atoms with E-state index in [0.717, 1.165) is 30.6 Å². The Bertz CT molecular complexity index is 526.